The fourth-order valence-corrected chi connectivity index (χ4v) is 2.25. The maximum Gasteiger partial charge on any atom is 0.144 e. The highest BCUT2D eigenvalue weighted by Crippen LogP contribution is 2.16. The van der Waals surface area contributed by atoms with Crippen LogP contribution < -0.4 is 0 Å². The monoisotopic (exact) mass is 276 g/mol. The maximum atomic E-state index is 12.1. The molecule has 19 heavy (non-hydrogen) atoms. The Labute approximate surface area is 118 Å². The van der Waals surface area contributed by atoms with E-state index in [1.807, 2.05) is 35.0 Å². The van der Waals surface area contributed by atoms with Crippen LogP contribution in [0.3, 0.4) is 0 Å². The van der Waals surface area contributed by atoms with Gasteiger partial charge in [-0.2, -0.15) is 0 Å². The van der Waals surface area contributed by atoms with Gasteiger partial charge >= 0.3 is 0 Å². The summed E-state index contributed by atoms with van der Waals surface area (Å²) in [5.74, 6) is 0.968. The standard InChI is InChI=1S/C15H17ClN2O/c1-2-8-18-9-7-17-15(18)11-13(19)10-12-5-3-4-6-14(12)16/h3-7,9H,2,8,10-11H2,1H3. The molecule has 0 amide bonds. The second-order valence-corrected chi connectivity index (χ2v) is 4.93. The highest BCUT2D eigenvalue weighted by Gasteiger charge is 2.11. The molecule has 0 aliphatic carbocycles. The Balaban J connectivity index is 2.02. The number of aromatic nitrogens is 2. The summed E-state index contributed by atoms with van der Waals surface area (Å²) in [4.78, 5) is 16.3. The molecule has 2 rings (SSSR count). The second kappa shape index (κ2) is 6.53. The van der Waals surface area contributed by atoms with E-state index in [2.05, 4.69) is 11.9 Å². The zero-order valence-electron chi connectivity index (χ0n) is 11.0. The predicted octanol–water partition coefficient (Wildman–Crippen LogP) is 3.30. The number of aryl methyl sites for hydroxylation is 1. The van der Waals surface area contributed by atoms with E-state index in [4.69, 9.17) is 11.6 Å². The molecule has 4 heteroatoms. The van der Waals surface area contributed by atoms with E-state index < -0.39 is 0 Å². The van der Waals surface area contributed by atoms with Crippen LogP contribution in [0.25, 0.3) is 0 Å². The lowest BCUT2D eigenvalue weighted by molar-refractivity contribution is -0.117. The van der Waals surface area contributed by atoms with Gasteiger partial charge in [0, 0.05) is 30.4 Å². The summed E-state index contributed by atoms with van der Waals surface area (Å²) in [7, 11) is 0. The molecular weight excluding hydrogens is 260 g/mol. The molecule has 0 atom stereocenters. The molecule has 0 aliphatic heterocycles. The van der Waals surface area contributed by atoms with Crippen molar-refractivity contribution in [2.24, 2.45) is 0 Å². The lowest BCUT2D eigenvalue weighted by Gasteiger charge is -2.06. The summed E-state index contributed by atoms with van der Waals surface area (Å²) in [6, 6.07) is 7.46. The molecule has 1 heterocycles. The van der Waals surface area contributed by atoms with Crippen LogP contribution in [-0.2, 0) is 24.2 Å². The number of Topliss-reactive ketones (excluding diaryl/α,β-unsaturated/α-hetero) is 1. The highest BCUT2D eigenvalue weighted by atomic mass is 35.5. The normalized spacial score (nSPS) is 10.6. The largest absolute Gasteiger partial charge is 0.335 e. The minimum Gasteiger partial charge on any atom is -0.335 e. The van der Waals surface area contributed by atoms with E-state index in [9.17, 15) is 4.79 Å². The number of carbonyl (C=O) groups is 1. The molecule has 0 N–H and O–H groups in total. The van der Waals surface area contributed by atoms with Crippen LogP contribution in [0.1, 0.15) is 24.7 Å². The molecule has 0 bridgehead atoms. The minimum absolute atomic E-state index is 0.136. The first-order valence-corrected chi connectivity index (χ1v) is 6.83. The number of hydrogen-bond donors (Lipinski definition) is 0. The number of hydrogen-bond acceptors (Lipinski definition) is 2. The zero-order chi connectivity index (χ0) is 13.7. The number of ketones is 1. The van der Waals surface area contributed by atoms with Gasteiger partial charge in [-0.3, -0.25) is 4.79 Å². The number of imidazole rings is 1. The van der Waals surface area contributed by atoms with Gasteiger partial charge < -0.3 is 4.57 Å². The van der Waals surface area contributed by atoms with E-state index in [0.717, 1.165) is 24.4 Å². The summed E-state index contributed by atoms with van der Waals surface area (Å²) < 4.78 is 2.03. The van der Waals surface area contributed by atoms with Gasteiger partial charge in [-0.05, 0) is 18.1 Å². The van der Waals surface area contributed by atoms with Crippen molar-refractivity contribution in [2.75, 3.05) is 0 Å². The Kier molecular flexibility index (Phi) is 4.74. The third-order valence-electron chi connectivity index (χ3n) is 2.97. The van der Waals surface area contributed by atoms with Crippen molar-refractivity contribution >= 4 is 17.4 Å². The molecule has 0 spiro atoms. The van der Waals surface area contributed by atoms with Crippen LogP contribution in [0.4, 0.5) is 0 Å². The molecule has 0 aliphatic rings. The van der Waals surface area contributed by atoms with Crippen molar-refractivity contribution in [3.05, 3.63) is 53.1 Å². The average Bonchev–Trinajstić information content (AvgIpc) is 2.80. The zero-order valence-corrected chi connectivity index (χ0v) is 11.7. The molecule has 2 aromatic rings. The van der Waals surface area contributed by atoms with Crippen molar-refractivity contribution < 1.29 is 4.79 Å². The van der Waals surface area contributed by atoms with Crippen molar-refractivity contribution in [3.8, 4) is 0 Å². The topological polar surface area (TPSA) is 34.9 Å². The number of rotatable bonds is 6. The van der Waals surface area contributed by atoms with Crippen LogP contribution in [0, 0.1) is 0 Å². The van der Waals surface area contributed by atoms with E-state index in [1.165, 1.54) is 0 Å². The van der Waals surface area contributed by atoms with Gasteiger partial charge in [0.2, 0.25) is 0 Å². The lowest BCUT2D eigenvalue weighted by Crippen LogP contribution is -2.12. The number of nitrogens with zero attached hydrogens (tertiary/aromatic N) is 2. The van der Waals surface area contributed by atoms with Gasteiger partial charge in [-0.25, -0.2) is 4.98 Å². The second-order valence-electron chi connectivity index (χ2n) is 4.52. The number of carbonyl (C=O) groups excluding carboxylic acids is 1. The average molecular weight is 277 g/mol. The molecule has 1 aromatic heterocycles. The van der Waals surface area contributed by atoms with Crippen LogP contribution in [0.5, 0.6) is 0 Å². The summed E-state index contributed by atoms with van der Waals surface area (Å²) in [5.41, 5.74) is 0.878. The van der Waals surface area contributed by atoms with Crippen molar-refractivity contribution in [1.29, 1.82) is 0 Å². The first kappa shape index (κ1) is 13.8. The minimum atomic E-state index is 0.136. The van der Waals surface area contributed by atoms with Crippen molar-refractivity contribution in [2.45, 2.75) is 32.7 Å². The Bertz CT molecular complexity index is 563. The fraction of sp³-hybridized carbons (Fsp3) is 0.333. The fourth-order valence-electron chi connectivity index (χ4n) is 2.04. The van der Waals surface area contributed by atoms with Crippen LogP contribution in [0.2, 0.25) is 5.02 Å². The summed E-state index contributed by atoms with van der Waals surface area (Å²) >= 11 is 6.06. The summed E-state index contributed by atoms with van der Waals surface area (Å²) in [6.45, 7) is 3.00. The third kappa shape index (κ3) is 3.67. The SMILES string of the molecule is CCCn1ccnc1CC(=O)Cc1ccccc1Cl. The van der Waals surface area contributed by atoms with Gasteiger partial charge in [-0.15, -0.1) is 0 Å². The molecule has 0 saturated heterocycles. The van der Waals surface area contributed by atoms with Crippen molar-refractivity contribution in [1.82, 2.24) is 9.55 Å². The maximum absolute atomic E-state index is 12.1. The molecule has 0 radical (unpaired) electrons. The molecule has 100 valence electrons. The van der Waals surface area contributed by atoms with Crippen LogP contribution in [0.15, 0.2) is 36.7 Å². The van der Waals surface area contributed by atoms with Gasteiger partial charge in [-0.1, -0.05) is 36.7 Å². The Morgan fingerprint density at radius 2 is 2.11 bits per heavy atom. The molecular formula is C15H17ClN2O. The molecule has 3 nitrogen and oxygen atoms in total. The van der Waals surface area contributed by atoms with Gasteiger partial charge in [0.05, 0.1) is 6.42 Å². The van der Waals surface area contributed by atoms with E-state index in [-0.39, 0.29) is 5.78 Å². The van der Waals surface area contributed by atoms with Gasteiger partial charge in [0.15, 0.2) is 0 Å². The molecule has 0 saturated carbocycles. The van der Waals surface area contributed by atoms with E-state index >= 15 is 0 Å². The summed E-state index contributed by atoms with van der Waals surface area (Å²) in [5, 5.41) is 0.646. The Morgan fingerprint density at radius 3 is 2.84 bits per heavy atom. The number of benzene rings is 1. The Morgan fingerprint density at radius 1 is 1.32 bits per heavy atom. The molecule has 0 fully saturated rings. The first-order valence-electron chi connectivity index (χ1n) is 6.45. The third-order valence-corrected chi connectivity index (χ3v) is 3.34. The predicted molar refractivity (Wildman–Crippen MR) is 76.4 cm³/mol. The van der Waals surface area contributed by atoms with Gasteiger partial charge in [0.25, 0.3) is 0 Å². The van der Waals surface area contributed by atoms with Gasteiger partial charge in [0.1, 0.15) is 11.6 Å². The first-order chi connectivity index (χ1) is 9.20. The molecule has 1 aromatic carbocycles. The van der Waals surface area contributed by atoms with Crippen LogP contribution >= 0.6 is 11.6 Å². The smallest absolute Gasteiger partial charge is 0.144 e. The molecule has 0 unspecified atom stereocenters. The highest BCUT2D eigenvalue weighted by molar-refractivity contribution is 6.31. The Hall–Kier alpha value is -1.61. The van der Waals surface area contributed by atoms with Crippen molar-refractivity contribution in [3.63, 3.8) is 0 Å². The van der Waals surface area contributed by atoms with E-state index in [1.54, 1.807) is 6.20 Å². The number of halogens is 1. The lowest BCUT2D eigenvalue weighted by atomic mass is 10.1. The van der Waals surface area contributed by atoms with E-state index in [0.29, 0.717) is 17.9 Å². The quantitative estimate of drug-likeness (QED) is 0.811. The summed E-state index contributed by atoms with van der Waals surface area (Å²) in [6.07, 6.45) is 5.41. The van der Waals surface area contributed by atoms with Crippen LogP contribution in [-0.4, -0.2) is 15.3 Å².